The topological polar surface area (TPSA) is 585 Å². The molecule has 0 spiro atoms. The summed E-state index contributed by atoms with van der Waals surface area (Å²) in [6.45, 7) is 10.9. The Morgan fingerprint density at radius 1 is 0.331 bits per heavy atom. The van der Waals surface area contributed by atoms with Crippen molar-refractivity contribution < 1.29 is 104 Å². The van der Waals surface area contributed by atoms with E-state index in [4.69, 9.17) is 108 Å². The molecular weight excluding hydrogens is 1660 g/mol. The van der Waals surface area contributed by atoms with Crippen LogP contribution < -0.4 is 58.0 Å². The van der Waals surface area contributed by atoms with Crippen molar-refractivity contribution in [3.8, 4) is 17.6 Å². The molecule has 0 aliphatic carbocycles. The van der Waals surface area contributed by atoms with Gasteiger partial charge in [-0.2, -0.15) is 29.9 Å². The third-order valence-electron chi connectivity index (χ3n) is 18.4. The van der Waals surface area contributed by atoms with Gasteiger partial charge in [0.15, 0.2) is 33.5 Å². The van der Waals surface area contributed by atoms with Crippen LogP contribution in [-0.2, 0) is 125 Å². The van der Waals surface area contributed by atoms with Crippen LogP contribution in [0.3, 0.4) is 0 Å². The first-order valence-corrected chi connectivity index (χ1v) is 41.9. The zero-order chi connectivity index (χ0) is 89.1. The van der Waals surface area contributed by atoms with Crippen LogP contribution in [0.4, 0.5) is 22.6 Å². The Hall–Kier alpha value is -11.5. The zero-order valence-electron chi connectivity index (χ0n) is 71.4. The summed E-state index contributed by atoms with van der Waals surface area (Å²) in [5.74, 6) is 0.125. The van der Waals surface area contributed by atoms with Gasteiger partial charge in [-0.1, -0.05) is 77.9 Å². The molecule has 0 fully saturated rings. The van der Waals surface area contributed by atoms with Crippen LogP contribution in [0, 0.1) is 0 Å². The molecule has 0 bridgehead atoms. The summed E-state index contributed by atoms with van der Waals surface area (Å²) < 4.78 is 103. The first-order valence-electron chi connectivity index (χ1n) is 41.9. The Morgan fingerprint density at radius 2 is 0.575 bits per heavy atom. The van der Waals surface area contributed by atoms with Crippen molar-refractivity contribution in [3.05, 3.63) is 136 Å². The van der Waals surface area contributed by atoms with E-state index in [2.05, 4.69) is 96.4 Å². The van der Waals surface area contributed by atoms with Gasteiger partial charge in [-0.25, -0.2) is 19.7 Å². The van der Waals surface area contributed by atoms with Gasteiger partial charge in [0.25, 0.3) is 0 Å². The number of nitrogens with one attached hydrogen (secondary N) is 8. The predicted molar refractivity (Wildman–Crippen MR) is 459 cm³/mol. The number of ether oxygens (including phenoxy) is 18. The predicted octanol–water partition coefficient (Wildman–Crippen LogP) is 4.36. The van der Waals surface area contributed by atoms with Gasteiger partial charge in [0.2, 0.25) is 53.2 Å². The van der Waals surface area contributed by atoms with Gasteiger partial charge in [-0.3, -0.25) is 14.4 Å². The molecule has 45 nitrogen and oxygen atoms in total. The number of benzene rings is 3. The van der Waals surface area contributed by atoms with Gasteiger partial charge in [-0.15, -0.1) is 0 Å². The second kappa shape index (κ2) is 60.2. The quantitative estimate of drug-likeness (QED) is 0.0109. The number of nitrogens with two attached hydrogens (primary N) is 3. The van der Waals surface area contributed by atoms with E-state index in [1.54, 1.807) is 0 Å². The Labute approximate surface area is 733 Å². The highest BCUT2D eigenvalue weighted by Crippen LogP contribution is 2.28. The average Bonchev–Trinajstić information content (AvgIpc) is 1.72. The molecule has 0 unspecified atom stereocenters. The second-order valence-corrected chi connectivity index (χ2v) is 27.9. The number of urea groups is 1. The summed E-state index contributed by atoms with van der Waals surface area (Å²) in [6.07, 6.45) is 4.42. The maximum atomic E-state index is 13.9. The lowest BCUT2D eigenvalue weighted by Crippen LogP contribution is -2.54. The molecule has 0 aliphatic heterocycles. The minimum absolute atomic E-state index is 0.0512. The lowest BCUT2D eigenvalue weighted by molar-refractivity contribution is -0.121. The highest BCUT2D eigenvalue weighted by atomic mass is 16.6. The largest absolute Gasteiger partial charge is 0.471 e. The van der Waals surface area contributed by atoms with Crippen molar-refractivity contribution in [2.45, 2.75) is 83.7 Å². The van der Waals surface area contributed by atoms with Crippen molar-refractivity contribution in [1.29, 1.82) is 0 Å². The van der Waals surface area contributed by atoms with E-state index in [9.17, 15) is 19.2 Å². The molecule has 9 aromatic rings. The van der Waals surface area contributed by atoms with E-state index in [0.29, 0.717) is 183 Å². The molecule has 0 saturated heterocycles. The van der Waals surface area contributed by atoms with Crippen LogP contribution >= 0.6 is 0 Å². The lowest BCUT2D eigenvalue weighted by atomic mass is 9.83. The molecular formula is C82H117N23O22. The number of fused-ring (bicyclic) bond motifs is 3. The molecule has 0 aliphatic rings. The number of aromatic amines is 3. The van der Waals surface area contributed by atoms with Crippen LogP contribution in [0.5, 0.6) is 17.6 Å². The van der Waals surface area contributed by atoms with E-state index in [1.165, 1.54) is 19.0 Å². The average molecular weight is 1780 g/mol. The summed E-state index contributed by atoms with van der Waals surface area (Å²) in [4.78, 5) is 104. The number of carbonyl (C=O) groups excluding carboxylic acids is 4. The number of aromatic nitrogens is 12. The molecule has 0 atom stereocenters. The molecule has 127 heavy (non-hydrogen) atoms. The first-order chi connectivity index (χ1) is 62.4. The van der Waals surface area contributed by atoms with Crippen LogP contribution in [0.1, 0.15) is 71.9 Å². The molecule has 3 aromatic carbocycles. The van der Waals surface area contributed by atoms with E-state index in [-0.39, 0.29) is 193 Å². The van der Waals surface area contributed by atoms with E-state index >= 15 is 0 Å². The molecule has 6 aromatic heterocycles. The van der Waals surface area contributed by atoms with Crippen LogP contribution in [0.25, 0.3) is 43.9 Å². The minimum atomic E-state index is -1.25. The second-order valence-electron chi connectivity index (χ2n) is 27.9. The smallest absolute Gasteiger partial charge is 0.315 e. The number of amides is 5. The molecule has 14 N–H and O–H groups in total. The number of azide groups is 1. The number of H-pyrrole nitrogens is 3. The highest BCUT2D eigenvalue weighted by molar-refractivity contribution is 5.80. The van der Waals surface area contributed by atoms with Crippen LogP contribution in [-0.4, -0.2) is 300 Å². The van der Waals surface area contributed by atoms with E-state index in [0.717, 1.165) is 33.4 Å². The number of nitrogens with zero attached hydrogens (tertiary/aromatic N) is 12. The Morgan fingerprint density at radius 3 is 0.850 bits per heavy atom. The number of hydrogen-bond donors (Lipinski definition) is 11. The summed E-state index contributed by atoms with van der Waals surface area (Å²) in [5.41, 5.74) is 33.3. The summed E-state index contributed by atoms with van der Waals surface area (Å²) in [7, 11) is 0. The number of rotatable bonds is 73. The monoisotopic (exact) mass is 1780 g/mol. The van der Waals surface area contributed by atoms with Crippen LogP contribution in [0.15, 0.2) is 96.9 Å². The first kappa shape index (κ1) is 99.3. The fourth-order valence-electron chi connectivity index (χ4n) is 11.9. The van der Waals surface area contributed by atoms with Gasteiger partial charge in [0, 0.05) is 62.4 Å². The van der Waals surface area contributed by atoms with Crippen LogP contribution in [0.2, 0.25) is 0 Å². The molecule has 692 valence electrons. The Kier molecular flexibility index (Phi) is 47.1. The number of anilines is 3. The van der Waals surface area contributed by atoms with Gasteiger partial charge in [0.05, 0.1) is 217 Å². The fourth-order valence-corrected chi connectivity index (χ4v) is 11.9. The minimum Gasteiger partial charge on any atom is -0.471 e. The van der Waals surface area contributed by atoms with Gasteiger partial charge >= 0.3 is 6.03 Å². The molecule has 45 heteroatoms. The summed E-state index contributed by atoms with van der Waals surface area (Å²) in [6, 6.07) is 22.8. The van der Waals surface area contributed by atoms with Crippen molar-refractivity contribution in [3.63, 3.8) is 0 Å². The zero-order valence-corrected chi connectivity index (χ0v) is 71.4. The molecule has 6 heterocycles. The maximum Gasteiger partial charge on any atom is 0.315 e. The number of carbonyl (C=O) groups is 4. The molecule has 0 saturated carbocycles. The number of imidazole rings is 3. The third-order valence-corrected chi connectivity index (χ3v) is 18.4. The van der Waals surface area contributed by atoms with Crippen molar-refractivity contribution in [1.82, 2.24) is 86.4 Å². The normalized spacial score (nSPS) is 11.5. The molecule has 9 rings (SSSR count). The van der Waals surface area contributed by atoms with Gasteiger partial charge < -0.3 is 144 Å². The van der Waals surface area contributed by atoms with Gasteiger partial charge in [-0.05, 0) is 58.2 Å². The van der Waals surface area contributed by atoms with E-state index in [1.807, 2.05) is 72.8 Å². The Bertz CT molecular complexity index is 4220. The van der Waals surface area contributed by atoms with Crippen molar-refractivity contribution >= 4 is 75.1 Å². The third kappa shape index (κ3) is 40.8. The fraction of sp³-hybridized carbons (Fsp3) is 0.549. The molecule has 0 radical (unpaired) electrons. The maximum absolute atomic E-state index is 13.9. The number of hydrogen-bond acceptors (Lipinski definition) is 35. The Balaban J connectivity index is 0.649. The van der Waals surface area contributed by atoms with Crippen molar-refractivity contribution in [2.24, 2.45) is 5.11 Å². The summed E-state index contributed by atoms with van der Waals surface area (Å²) in [5, 5.41) is 17.9. The van der Waals surface area contributed by atoms with Crippen molar-refractivity contribution in [2.75, 3.05) is 228 Å². The SMILES string of the molecule is [N-]=[N+]=NCCOCCOCCOCCNC(=O)NC(CCC(=O)NCCOCCOCCOCCOCc1ccc(COc2nc(N)nc3[nH]cnc23)cc1)(CCC(=O)NCCOCCOCCOCCOCc1ccc(COc2nc(N)nc3[nH]cnc23)cc1)CCC(=O)NCCOCCOCCOCCOCc1ccc(COc2nc(N)nc3[nH]cnc23)cc1. The van der Waals surface area contributed by atoms with Gasteiger partial charge in [0.1, 0.15) is 19.8 Å². The molecule has 5 amide bonds. The number of nitrogen functional groups attached to an aromatic ring is 3. The highest BCUT2D eigenvalue weighted by Gasteiger charge is 2.34. The standard InChI is InChI=1S/C82H117N23O22/c83-78-98-72-69(91-57-94-72)75(101-78)125-54-63-7-1-60(2-8-63)51-122-48-45-119-42-39-116-34-29-110-24-19-87-66(106)13-16-82(104-81(109)90-22-27-113-32-37-115-38-33-114-28-23-97-105-86,17-14-67(107)88-20-25-111-30-35-117-40-43-120-46-49-123-52-61-3-9-64(10-4-61)55-126-76-70-73(95-58-92-70)99-79(84)102-76)18-15-68(108)89-21-26-112-31-36-118-41-44-121-47-50-124-53-62-5-11-65(12-6-62)56-127-77-71-74(96-59-93-71)100-80(85)103-77/h1-12,57-59H,13-56H2,(H,87,106)(H,88,107)(H,89,108)(H2,90,104,109)(H3,83,91,94,98,101)(H3,84,92,95,99,102)(H3,85,93,96,100,103). The lowest BCUT2D eigenvalue weighted by Gasteiger charge is -2.35. The van der Waals surface area contributed by atoms with E-state index < -0.39 is 11.6 Å². The summed E-state index contributed by atoms with van der Waals surface area (Å²) >= 11 is 0.